The van der Waals surface area contributed by atoms with Crippen molar-refractivity contribution in [1.82, 2.24) is 0 Å². The number of anilines is 1. The highest BCUT2D eigenvalue weighted by atomic mass is 35.5. The van der Waals surface area contributed by atoms with Crippen LogP contribution in [-0.4, -0.2) is 13.1 Å². The second-order valence-electron chi connectivity index (χ2n) is 3.86. The molecule has 0 aliphatic carbocycles. The second-order valence-corrected chi connectivity index (χ2v) is 5.36. The zero-order valence-electron chi connectivity index (χ0n) is 9.84. The standard InChI is InChI=1S/C14H16ClNS/c1-2-16(12-7-4-3-5-8-12)11-13(15)14-9-6-10-17-14/h3-10,13H,2,11H2,1H3. The van der Waals surface area contributed by atoms with E-state index in [1.807, 2.05) is 12.1 Å². The van der Waals surface area contributed by atoms with Gasteiger partial charge in [0.05, 0.1) is 5.38 Å². The first-order valence-corrected chi connectivity index (χ1v) is 7.10. The van der Waals surface area contributed by atoms with Crippen LogP contribution in [-0.2, 0) is 0 Å². The van der Waals surface area contributed by atoms with E-state index in [0.717, 1.165) is 13.1 Å². The van der Waals surface area contributed by atoms with E-state index in [2.05, 4.69) is 47.5 Å². The van der Waals surface area contributed by atoms with Crippen LogP contribution in [0.4, 0.5) is 5.69 Å². The zero-order valence-corrected chi connectivity index (χ0v) is 11.4. The zero-order chi connectivity index (χ0) is 12.1. The summed E-state index contributed by atoms with van der Waals surface area (Å²) < 4.78 is 0. The van der Waals surface area contributed by atoms with Crippen molar-refractivity contribution in [2.75, 3.05) is 18.0 Å². The Bertz CT molecular complexity index is 427. The third kappa shape index (κ3) is 3.24. The van der Waals surface area contributed by atoms with Crippen molar-refractivity contribution in [3.05, 3.63) is 52.7 Å². The van der Waals surface area contributed by atoms with E-state index >= 15 is 0 Å². The smallest absolute Gasteiger partial charge is 0.0853 e. The largest absolute Gasteiger partial charge is 0.370 e. The molecular weight excluding hydrogens is 250 g/mol. The highest BCUT2D eigenvalue weighted by molar-refractivity contribution is 7.10. The van der Waals surface area contributed by atoms with Crippen LogP contribution in [0.5, 0.6) is 0 Å². The quantitative estimate of drug-likeness (QED) is 0.717. The summed E-state index contributed by atoms with van der Waals surface area (Å²) in [6.07, 6.45) is 0. The fourth-order valence-corrected chi connectivity index (χ4v) is 2.90. The SMILES string of the molecule is CCN(CC(Cl)c1cccs1)c1ccccc1. The average molecular weight is 266 g/mol. The first-order chi connectivity index (χ1) is 8.31. The Morgan fingerprint density at radius 1 is 1.18 bits per heavy atom. The fraction of sp³-hybridized carbons (Fsp3) is 0.286. The van der Waals surface area contributed by atoms with Gasteiger partial charge in [0.2, 0.25) is 0 Å². The van der Waals surface area contributed by atoms with Gasteiger partial charge in [-0.05, 0) is 30.5 Å². The van der Waals surface area contributed by atoms with Crippen LogP contribution in [0.2, 0.25) is 0 Å². The molecule has 0 spiro atoms. The van der Waals surface area contributed by atoms with Gasteiger partial charge in [-0.15, -0.1) is 22.9 Å². The molecule has 17 heavy (non-hydrogen) atoms. The number of para-hydroxylation sites is 1. The molecule has 0 aliphatic heterocycles. The molecule has 1 aromatic carbocycles. The van der Waals surface area contributed by atoms with Crippen LogP contribution in [0.3, 0.4) is 0 Å². The lowest BCUT2D eigenvalue weighted by Crippen LogP contribution is -2.26. The lowest BCUT2D eigenvalue weighted by Gasteiger charge is -2.25. The summed E-state index contributed by atoms with van der Waals surface area (Å²) in [6.45, 7) is 3.98. The molecule has 0 radical (unpaired) electrons. The molecule has 3 heteroatoms. The van der Waals surface area contributed by atoms with Gasteiger partial charge in [-0.2, -0.15) is 0 Å². The van der Waals surface area contributed by atoms with E-state index in [-0.39, 0.29) is 5.38 Å². The molecule has 1 atom stereocenters. The molecule has 0 saturated carbocycles. The second kappa shape index (κ2) is 6.08. The lowest BCUT2D eigenvalue weighted by molar-refractivity contribution is 0.798. The van der Waals surface area contributed by atoms with Crippen LogP contribution in [0.1, 0.15) is 17.2 Å². The van der Waals surface area contributed by atoms with Gasteiger partial charge in [0, 0.05) is 23.7 Å². The van der Waals surface area contributed by atoms with Gasteiger partial charge in [0.1, 0.15) is 0 Å². The third-order valence-electron chi connectivity index (χ3n) is 2.74. The summed E-state index contributed by atoms with van der Waals surface area (Å²) in [5.41, 5.74) is 1.23. The summed E-state index contributed by atoms with van der Waals surface area (Å²) in [6, 6.07) is 14.6. The van der Waals surface area contributed by atoms with Crippen LogP contribution in [0.25, 0.3) is 0 Å². The van der Waals surface area contributed by atoms with Crippen molar-refractivity contribution in [2.24, 2.45) is 0 Å². The molecule has 2 aromatic rings. The van der Waals surface area contributed by atoms with Gasteiger partial charge in [-0.1, -0.05) is 24.3 Å². The molecule has 1 heterocycles. The number of thiophene rings is 1. The van der Waals surface area contributed by atoms with Crippen LogP contribution in [0, 0.1) is 0 Å². The van der Waals surface area contributed by atoms with Gasteiger partial charge in [-0.25, -0.2) is 0 Å². The molecule has 0 saturated heterocycles. The number of rotatable bonds is 5. The maximum absolute atomic E-state index is 6.44. The van der Waals surface area contributed by atoms with E-state index in [4.69, 9.17) is 11.6 Å². The predicted octanol–water partition coefficient (Wildman–Crippen LogP) is 4.55. The molecule has 0 aliphatic rings. The highest BCUT2D eigenvalue weighted by Crippen LogP contribution is 2.27. The number of hydrogen-bond acceptors (Lipinski definition) is 2. The number of likely N-dealkylation sites (N-methyl/N-ethyl adjacent to an activating group) is 1. The summed E-state index contributed by atoms with van der Waals surface area (Å²) >= 11 is 8.16. The summed E-state index contributed by atoms with van der Waals surface area (Å²) in [5.74, 6) is 0. The van der Waals surface area contributed by atoms with Gasteiger partial charge in [0.15, 0.2) is 0 Å². The molecule has 1 nitrogen and oxygen atoms in total. The Morgan fingerprint density at radius 2 is 1.94 bits per heavy atom. The van der Waals surface area contributed by atoms with E-state index in [1.165, 1.54) is 10.6 Å². The van der Waals surface area contributed by atoms with E-state index < -0.39 is 0 Å². The maximum atomic E-state index is 6.44. The van der Waals surface area contributed by atoms with Gasteiger partial charge in [-0.3, -0.25) is 0 Å². The summed E-state index contributed by atoms with van der Waals surface area (Å²) in [4.78, 5) is 3.54. The van der Waals surface area contributed by atoms with Gasteiger partial charge < -0.3 is 4.90 Å². The topological polar surface area (TPSA) is 3.24 Å². The minimum absolute atomic E-state index is 0.0650. The Kier molecular flexibility index (Phi) is 4.46. The minimum atomic E-state index is 0.0650. The fourth-order valence-electron chi connectivity index (χ4n) is 1.81. The van der Waals surface area contributed by atoms with E-state index in [1.54, 1.807) is 11.3 Å². The molecule has 0 bridgehead atoms. The van der Waals surface area contributed by atoms with Crippen LogP contribution >= 0.6 is 22.9 Å². The number of alkyl halides is 1. The monoisotopic (exact) mass is 265 g/mol. The van der Waals surface area contributed by atoms with Gasteiger partial charge >= 0.3 is 0 Å². The number of nitrogens with zero attached hydrogens (tertiary/aromatic N) is 1. The Hall–Kier alpha value is -0.990. The Labute approximate surface area is 112 Å². The molecular formula is C14H16ClNS. The molecule has 1 unspecified atom stereocenters. The van der Waals surface area contributed by atoms with Crippen LogP contribution in [0.15, 0.2) is 47.8 Å². The van der Waals surface area contributed by atoms with Crippen molar-refractivity contribution in [1.29, 1.82) is 0 Å². The lowest BCUT2D eigenvalue weighted by atomic mass is 10.2. The molecule has 2 rings (SSSR count). The Balaban J connectivity index is 2.06. The van der Waals surface area contributed by atoms with E-state index in [0.29, 0.717) is 0 Å². The van der Waals surface area contributed by atoms with Crippen LogP contribution < -0.4 is 4.90 Å². The average Bonchev–Trinajstić information content (AvgIpc) is 2.90. The van der Waals surface area contributed by atoms with Crippen molar-refractivity contribution in [3.8, 4) is 0 Å². The van der Waals surface area contributed by atoms with Crippen molar-refractivity contribution < 1.29 is 0 Å². The normalized spacial score (nSPS) is 12.4. The number of halogens is 1. The molecule has 1 aromatic heterocycles. The van der Waals surface area contributed by atoms with Crippen molar-refractivity contribution in [2.45, 2.75) is 12.3 Å². The van der Waals surface area contributed by atoms with Gasteiger partial charge in [0.25, 0.3) is 0 Å². The highest BCUT2D eigenvalue weighted by Gasteiger charge is 2.13. The molecule has 0 amide bonds. The maximum Gasteiger partial charge on any atom is 0.0853 e. The molecule has 0 fully saturated rings. The minimum Gasteiger partial charge on any atom is -0.370 e. The number of benzene rings is 1. The molecule has 0 N–H and O–H groups in total. The van der Waals surface area contributed by atoms with Crippen molar-refractivity contribution in [3.63, 3.8) is 0 Å². The first kappa shape index (κ1) is 12.5. The van der Waals surface area contributed by atoms with E-state index in [9.17, 15) is 0 Å². The first-order valence-electron chi connectivity index (χ1n) is 5.78. The predicted molar refractivity (Wildman–Crippen MR) is 77.2 cm³/mol. The number of hydrogen-bond donors (Lipinski definition) is 0. The summed E-state index contributed by atoms with van der Waals surface area (Å²) in [7, 11) is 0. The van der Waals surface area contributed by atoms with Crippen molar-refractivity contribution >= 4 is 28.6 Å². The third-order valence-corrected chi connectivity index (χ3v) is 4.22. The summed E-state index contributed by atoms with van der Waals surface area (Å²) in [5, 5.41) is 2.14. The molecule has 90 valence electrons. The Morgan fingerprint density at radius 3 is 2.53 bits per heavy atom.